The Morgan fingerprint density at radius 3 is 1.98 bits per heavy atom. The minimum atomic E-state index is -2.73. The Hall–Kier alpha value is -4.10. The Bertz CT molecular complexity index is 2110. The molecule has 0 unspecified atom stereocenters. The smallest absolute Gasteiger partial charge is 0.419 e. The summed E-state index contributed by atoms with van der Waals surface area (Å²) in [5, 5.41) is 16.6. The minimum Gasteiger partial charge on any atom is -0.479 e. The van der Waals surface area contributed by atoms with E-state index in [1.54, 1.807) is 4.57 Å². The number of rotatable bonds is 14. The van der Waals surface area contributed by atoms with Crippen LogP contribution in [0.25, 0.3) is 11.1 Å². The number of carbonyl (C=O) groups is 1. The molecule has 0 atom stereocenters. The second-order valence-electron chi connectivity index (χ2n) is 15.2. The van der Waals surface area contributed by atoms with Crippen molar-refractivity contribution in [1.29, 1.82) is 0 Å². The molecule has 6 aromatic rings. The number of carboxylic acid groups (broad SMARTS) is 1. The summed E-state index contributed by atoms with van der Waals surface area (Å²) < 4.78 is 21.2. The summed E-state index contributed by atoms with van der Waals surface area (Å²) in [7, 11) is -0.635. The highest BCUT2D eigenvalue weighted by Gasteiger charge is 2.50. The van der Waals surface area contributed by atoms with Gasteiger partial charge in [-0.05, 0) is 88.7 Å². The van der Waals surface area contributed by atoms with Crippen molar-refractivity contribution in [2.45, 2.75) is 82.4 Å². The van der Waals surface area contributed by atoms with Crippen LogP contribution in [0.1, 0.15) is 61.8 Å². The molecule has 1 N–H and O–H groups in total. The lowest BCUT2D eigenvalue weighted by molar-refractivity contribution is -0.170. The number of likely N-dealkylation sites (N-methyl/N-ethyl adjacent to an activating group) is 1. The van der Waals surface area contributed by atoms with Gasteiger partial charge < -0.3 is 23.6 Å². The lowest BCUT2D eigenvalue weighted by atomic mass is 9.90. The molecule has 0 radical (unpaired) electrons. The number of aliphatic carboxylic acids is 1. The van der Waals surface area contributed by atoms with E-state index < -0.39 is 19.9 Å². The van der Waals surface area contributed by atoms with Gasteiger partial charge in [-0.1, -0.05) is 99.6 Å². The lowest BCUT2D eigenvalue weighted by Crippen LogP contribution is -2.66. The predicted molar refractivity (Wildman–Crippen MR) is 220 cm³/mol. The summed E-state index contributed by atoms with van der Waals surface area (Å²) in [6.07, 6.45) is 3.09. The molecule has 1 aliphatic carbocycles. The van der Waals surface area contributed by atoms with Crippen LogP contribution in [0.3, 0.4) is 0 Å². The van der Waals surface area contributed by atoms with E-state index in [1.807, 2.05) is 65.4 Å². The highest BCUT2D eigenvalue weighted by Crippen LogP contribution is 2.43. The van der Waals surface area contributed by atoms with E-state index in [9.17, 15) is 14.7 Å². The number of aromatic nitrogens is 1. The van der Waals surface area contributed by atoms with Crippen LogP contribution < -0.4 is 16.1 Å². The zero-order valence-electron chi connectivity index (χ0n) is 31.3. The molecule has 1 saturated carbocycles. The number of thiophene rings is 2. The Morgan fingerprint density at radius 1 is 0.870 bits per heavy atom. The van der Waals surface area contributed by atoms with Crippen LogP contribution in [-0.4, -0.2) is 54.6 Å². The van der Waals surface area contributed by atoms with Crippen molar-refractivity contribution >= 4 is 58.4 Å². The van der Waals surface area contributed by atoms with Gasteiger partial charge in [-0.25, -0.2) is 9.59 Å². The minimum absolute atomic E-state index is 0.147. The maximum atomic E-state index is 13.2. The first kappa shape index (κ1) is 38.2. The van der Waals surface area contributed by atoms with Gasteiger partial charge in [-0.3, -0.25) is 4.57 Å². The van der Waals surface area contributed by atoms with Crippen molar-refractivity contribution in [2.75, 3.05) is 13.6 Å². The summed E-state index contributed by atoms with van der Waals surface area (Å²) in [4.78, 5) is 29.7. The summed E-state index contributed by atoms with van der Waals surface area (Å²) in [5.74, 6) is -1.35. The summed E-state index contributed by atoms with van der Waals surface area (Å²) in [5.41, 5.74) is 0.787. The highest BCUT2D eigenvalue weighted by atomic mass is 32.1. The predicted octanol–water partition coefficient (Wildman–Crippen LogP) is 8.08. The van der Waals surface area contributed by atoms with Gasteiger partial charge >= 0.3 is 11.7 Å². The van der Waals surface area contributed by atoms with Crippen molar-refractivity contribution in [3.63, 3.8) is 0 Å². The first-order valence-electron chi connectivity index (χ1n) is 18.6. The Morgan fingerprint density at radius 2 is 1.46 bits per heavy atom. The van der Waals surface area contributed by atoms with Gasteiger partial charge in [0.05, 0.1) is 28.0 Å². The molecule has 0 bridgehead atoms. The zero-order valence-corrected chi connectivity index (χ0v) is 33.9. The molecule has 7 rings (SSSR count). The molecule has 282 valence electrons. The standard InChI is InChI=1S/C43H48N2O6S2Si/c1-42(2,3)54(34-13-7-5-8-14-34,35-15-9-6-10-16-35)49-30-31-19-24-36-37(29-31)50-41(48)45(36)26-25-44(4)32-20-22-33(23-21-32)51-43(40(46)47,38-17-11-27-52-38)39-18-12-28-53-39/h5-19,24,27-29,32-33H,20-23,25-26,30H2,1-4H3,(H,46,47). The van der Waals surface area contributed by atoms with E-state index in [0.717, 1.165) is 36.8 Å². The second-order valence-corrected chi connectivity index (χ2v) is 21.4. The SMILES string of the molecule is CN(CCn1c(=O)oc2cc(CO[Si](c3ccccc3)(c3ccccc3)C(C)(C)C)ccc21)C1CCC(OC(C(=O)O)(c2cccs2)c2cccs2)CC1. The lowest BCUT2D eigenvalue weighted by Gasteiger charge is -2.43. The van der Waals surface area contributed by atoms with Crippen LogP contribution in [0.15, 0.2) is 123 Å². The largest absolute Gasteiger partial charge is 0.479 e. The average molecular weight is 781 g/mol. The Labute approximate surface area is 325 Å². The summed E-state index contributed by atoms with van der Waals surface area (Å²) in [6, 6.07) is 34.9. The Balaban J connectivity index is 1.01. The molecule has 3 heterocycles. The number of nitrogens with zero attached hydrogens (tertiary/aromatic N) is 2. The molecule has 1 fully saturated rings. The molecular formula is C43H48N2O6S2Si. The van der Waals surface area contributed by atoms with E-state index in [4.69, 9.17) is 13.6 Å². The van der Waals surface area contributed by atoms with Gasteiger partial charge in [0, 0.05) is 19.1 Å². The third-order valence-electron chi connectivity index (χ3n) is 10.9. The quantitative estimate of drug-likeness (QED) is 0.112. The van der Waals surface area contributed by atoms with Crippen LogP contribution in [0, 0.1) is 0 Å². The van der Waals surface area contributed by atoms with E-state index >= 15 is 0 Å². The van der Waals surface area contributed by atoms with Crippen LogP contribution in [-0.2, 0) is 32.7 Å². The number of hydrogen-bond acceptors (Lipinski definition) is 8. The van der Waals surface area contributed by atoms with Gasteiger partial charge in [-0.15, -0.1) is 22.7 Å². The molecule has 0 saturated heterocycles. The first-order chi connectivity index (χ1) is 26.0. The maximum Gasteiger partial charge on any atom is 0.419 e. The fourth-order valence-corrected chi connectivity index (χ4v) is 14.5. The number of oxazole rings is 1. The third-order valence-corrected chi connectivity index (χ3v) is 17.9. The van der Waals surface area contributed by atoms with E-state index in [0.29, 0.717) is 41.1 Å². The number of benzene rings is 3. The molecule has 54 heavy (non-hydrogen) atoms. The van der Waals surface area contributed by atoms with Crippen LogP contribution in [0.2, 0.25) is 5.04 Å². The van der Waals surface area contributed by atoms with Crippen molar-refractivity contribution < 1.29 is 23.5 Å². The first-order valence-corrected chi connectivity index (χ1v) is 22.3. The fourth-order valence-electron chi connectivity index (χ4n) is 8.12. The van der Waals surface area contributed by atoms with E-state index in [2.05, 4.69) is 81.2 Å². The molecule has 8 nitrogen and oxygen atoms in total. The highest BCUT2D eigenvalue weighted by molar-refractivity contribution is 7.12. The third kappa shape index (κ3) is 7.33. The molecule has 11 heteroatoms. The monoisotopic (exact) mass is 780 g/mol. The van der Waals surface area contributed by atoms with Gasteiger partial charge in [0.15, 0.2) is 5.58 Å². The molecule has 3 aromatic heterocycles. The van der Waals surface area contributed by atoms with Crippen molar-refractivity contribution in [1.82, 2.24) is 9.47 Å². The van der Waals surface area contributed by atoms with E-state index in [-0.39, 0.29) is 16.9 Å². The number of carboxylic acids is 1. The molecule has 0 aliphatic heterocycles. The second kappa shape index (κ2) is 15.9. The molecule has 0 spiro atoms. The van der Waals surface area contributed by atoms with Crippen LogP contribution in [0.4, 0.5) is 0 Å². The van der Waals surface area contributed by atoms with Crippen molar-refractivity contribution in [2.24, 2.45) is 0 Å². The van der Waals surface area contributed by atoms with Gasteiger partial charge in [-0.2, -0.15) is 0 Å². The molecular weight excluding hydrogens is 733 g/mol. The maximum absolute atomic E-state index is 13.2. The van der Waals surface area contributed by atoms with Gasteiger partial charge in [0.2, 0.25) is 5.60 Å². The van der Waals surface area contributed by atoms with Gasteiger partial charge in [0.1, 0.15) is 0 Å². The van der Waals surface area contributed by atoms with Crippen molar-refractivity contribution in [3.8, 4) is 0 Å². The Kier molecular flexibility index (Phi) is 11.3. The average Bonchev–Trinajstić information content (AvgIpc) is 3.97. The zero-order chi connectivity index (χ0) is 37.9. The summed E-state index contributed by atoms with van der Waals surface area (Å²) >= 11 is 2.83. The fraction of sp³-hybridized carbons (Fsp3) is 0.349. The molecule has 0 amide bonds. The van der Waals surface area contributed by atoms with Crippen LogP contribution >= 0.6 is 22.7 Å². The number of fused-ring (bicyclic) bond motifs is 1. The van der Waals surface area contributed by atoms with Crippen LogP contribution in [0.5, 0.6) is 0 Å². The molecule has 1 aliphatic rings. The topological polar surface area (TPSA) is 94.1 Å². The number of ether oxygens (including phenoxy) is 1. The normalized spacial score (nSPS) is 17.0. The number of hydrogen-bond donors (Lipinski definition) is 1. The molecule has 3 aromatic carbocycles. The summed E-state index contributed by atoms with van der Waals surface area (Å²) in [6.45, 7) is 8.35. The van der Waals surface area contributed by atoms with Gasteiger partial charge in [0.25, 0.3) is 8.32 Å². The van der Waals surface area contributed by atoms with Crippen molar-refractivity contribution in [3.05, 3.63) is 140 Å². The van der Waals surface area contributed by atoms with E-state index in [1.165, 1.54) is 33.0 Å².